The second-order valence-corrected chi connectivity index (χ2v) is 0.105. The molecule has 0 fully saturated rings. The largest absolute Gasteiger partial charge is 0.344 e. The summed E-state index contributed by atoms with van der Waals surface area (Å²) in [5, 5.41) is 1.75. The number of nitrogens with two attached hydrogens (primary N) is 1. The maximum atomic E-state index is 8.33. The van der Waals surface area contributed by atoms with E-state index in [-0.39, 0.29) is 39.5 Å². The van der Waals surface area contributed by atoms with Gasteiger partial charge in [0, 0.05) is 26.4 Å². The van der Waals surface area contributed by atoms with E-state index in [1.807, 2.05) is 0 Å². The standard InChI is InChI=1S/H2N2O.3H3N.Pt/c1-2-3;;;;/h(H2,1,3);3*1H3;. The first-order chi connectivity index (χ1) is 1.41. The molecule has 0 saturated carbocycles. The summed E-state index contributed by atoms with van der Waals surface area (Å²) < 4.78 is 0. The van der Waals surface area contributed by atoms with Crippen LogP contribution in [0.4, 0.5) is 0 Å². The van der Waals surface area contributed by atoms with Gasteiger partial charge in [-0.2, -0.15) is 0 Å². The van der Waals surface area contributed by atoms with Crippen molar-refractivity contribution in [1.29, 1.82) is 0 Å². The summed E-state index contributed by atoms with van der Waals surface area (Å²) >= 11 is 0. The van der Waals surface area contributed by atoms with E-state index >= 15 is 0 Å². The SMILES string of the molecule is N.N.N.NN=O.[Pt]. The summed E-state index contributed by atoms with van der Waals surface area (Å²) in [4.78, 5) is 8.33. The van der Waals surface area contributed by atoms with Crippen molar-refractivity contribution < 1.29 is 21.1 Å². The van der Waals surface area contributed by atoms with E-state index < -0.39 is 0 Å². The normalized spacial score (nSPS) is 1.71. The van der Waals surface area contributed by atoms with E-state index in [9.17, 15) is 0 Å². The van der Waals surface area contributed by atoms with E-state index in [2.05, 4.69) is 5.84 Å². The molecule has 7 heteroatoms. The Balaban J connectivity index is -0.00000000333. The smallest absolute Gasteiger partial charge is 0.0468 e. The Morgan fingerprint density at radius 2 is 1.14 bits per heavy atom. The minimum atomic E-state index is 0. The molecule has 6 nitrogen and oxygen atoms in total. The molecule has 0 radical (unpaired) electrons. The Kier molecular flexibility index (Phi) is 1440. The van der Waals surface area contributed by atoms with Crippen LogP contribution in [0.3, 0.4) is 0 Å². The molecule has 11 N–H and O–H groups in total. The summed E-state index contributed by atoms with van der Waals surface area (Å²) in [6.07, 6.45) is 0. The van der Waals surface area contributed by atoms with Crippen molar-refractivity contribution >= 4 is 0 Å². The van der Waals surface area contributed by atoms with Gasteiger partial charge in [-0.05, 0) is 0 Å². The Morgan fingerprint density at radius 1 is 1.14 bits per heavy atom. The molecule has 0 aromatic rings. The summed E-state index contributed by atoms with van der Waals surface area (Å²) in [6, 6.07) is 0. The van der Waals surface area contributed by atoms with Crippen LogP contribution in [-0.4, -0.2) is 0 Å². The maximum absolute atomic E-state index is 8.33. The fraction of sp³-hybridized carbons (Fsp3) is 0. The van der Waals surface area contributed by atoms with Crippen LogP contribution < -0.4 is 24.3 Å². The Morgan fingerprint density at radius 3 is 1.14 bits per heavy atom. The molecule has 7 heavy (non-hydrogen) atoms. The first-order valence-corrected chi connectivity index (χ1v) is 0.441. The number of rotatable bonds is 0. The summed E-state index contributed by atoms with van der Waals surface area (Å²) in [5.41, 5.74) is 0. The van der Waals surface area contributed by atoms with Gasteiger partial charge in [0.25, 0.3) is 0 Å². The van der Waals surface area contributed by atoms with E-state index in [1.54, 1.807) is 5.29 Å². The molecule has 0 aromatic carbocycles. The van der Waals surface area contributed by atoms with Crippen LogP contribution in [0.15, 0.2) is 5.29 Å². The van der Waals surface area contributed by atoms with Crippen molar-refractivity contribution in [3.05, 3.63) is 4.91 Å². The maximum Gasteiger partial charge on any atom is 0.0468 e. The van der Waals surface area contributed by atoms with Gasteiger partial charge >= 0.3 is 0 Å². The second kappa shape index (κ2) is 157. The fourth-order valence-electron chi connectivity index (χ4n) is 0. The molecular formula is H11N5OPt. The number of nitroso groups, excluding NO2 is 1. The molecule has 52 valence electrons. The van der Waals surface area contributed by atoms with Gasteiger partial charge in [-0.1, -0.05) is 0 Å². The zero-order chi connectivity index (χ0) is 2.71. The van der Waals surface area contributed by atoms with E-state index in [0.717, 1.165) is 0 Å². The van der Waals surface area contributed by atoms with Crippen molar-refractivity contribution in [2.24, 2.45) is 11.1 Å². The first kappa shape index (κ1) is 64.1. The number of hydrogen-bond donors (Lipinski definition) is 4. The third-order valence-electron chi connectivity index (χ3n) is 0. The van der Waals surface area contributed by atoms with Gasteiger partial charge in [-0.25, -0.2) is 0 Å². The summed E-state index contributed by atoms with van der Waals surface area (Å²) in [5.74, 6) is 3.92. The molecule has 0 aliphatic carbocycles. The molecule has 0 rings (SSSR count). The fourth-order valence-corrected chi connectivity index (χ4v) is 0. The molecule has 0 amide bonds. The molecule has 0 aliphatic heterocycles. The van der Waals surface area contributed by atoms with E-state index in [0.29, 0.717) is 0 Å². The monoisotopic (exact) mass is 292 g/mol. The molecule has 0 saturated heterocycles. The van der Waals surface area contributed by atoms with Crippen LogP contribution in [0.25, 0.3) is 0 Å². The quantitative estimate of drug-likeness (QED) is 0.282. The van der Waals surface area contributed by atoms with Crippen LogP contribution in [0.1, 0.15) is 0 Å². The van der Waals surface area contributed by atoms with E-state index in [1.165, 1.54) is 0 Å². The predicted molar refractivity (Wildman–Crippen MR) is 25.0 cm³/mol. The van der Waals surface area contributed by atoms with Crippen molar-refractivity contribution in [2.45, 2.75) is 0 Å². The molecule has 0 bridgehead atoms. The molecule has 0 aromatic heterocycles. The summed E-state index contributed by atoms with van der Waals surface area (Å²) in [7, 11) is 0. The average Bonchev–Trinajstić information content (AvgIpc) is 0.918. The van der Waals surface area contributed by atoms with Gasteiger partial charge in [-0.15, -0.1) is 4.91 Å². The van der Waals surface area contributed by atoms with Crippen LogP contribution in [0.5, 0.6) is 0 Å². The molecule has 0 heterocycles. The van der Waals surface area contributed by atoms with Crippen molar-refractivity contribution in [2.75, 3.05) is 0 Å². The number of hydrogen-bond acceptors (Lipinski definition) is 5. The third-order valence-corrected chi connectivity index (χ3v) is 0. The van der Waals surface area contributed by atoms with Gasteiger partial charge in [0.2, 0.25) is 0 Å². The van der Waals surface area contributed by atoms with Crippen molar-refractivity contribution in [3.8, 4) is 0 Å². The minimum Gasteiger partial charge on any atom is -0.344 e. The molecular weight excluding hydrogens is 281 g/mol. The van der Waals surface area contributed by atoms with Crippen LogP contribution >= 0.6 is 0 Å². The van der Waals surface area contributed by atoms with Gasteiger partial charge < -0.3 is 18.5 Å². The zero-order valence-electron chi connectivity index (χ0n) is 3.87. The van der Waals surface area contributed by atoms with Gasteiger partial charge in [-0.3, -0.25) is 5.84 Å². The molecule has 0 unspecified atom stereocenters. The van der Waals surface area contributed by atoms with Crippen LogP contribution in [-0.2, 0) is 21.1 Å². The van der Waals surface area contributed by atoms with E-state index in [4.69, 9.17) is 4.91 Å². The third kappa shape index (κ3) is 93600. The van der Waals surface area contributed by atoms with Crippen molar-refractivity contribution in [3.63, 3.8) is 0 Å². The first-order valence-electron chi connectivity index (χ1n) is 0.441. The Bertz CT molecular complexity index is 15.6. The second-order valence-electron chi connectivity index (χ2n) is 0.105. The van der Waals surface area contributed by atoms with Crippen LogP contribution in [0.2, 0.25) is 0 Å². The predicted octanol–water partition coefficient (Wildman–Crippen LogP) is 0.110. The topological polar surface area (TPSA) is 160 Å². The van der Waals surface area contributed by atoms with Crippen LogP contribution in [0, 0.1) is 4.91 Å². The van der Waals surface area contributed by atoms with Crippen molar-refractivity contribution in [1.82, 2.24) is 18.5 Å². The Labute approximate surface area is 56.2 Å². The van der Waals surface area contributed by atoms with Gasteiger partial charge in [0.15, 0.2) is 0 Å². The van der Waals surface area contributed by atoms with Gasteiger partial charge in [0.05, 0.1) is 0 Å². The average molecular weight is 292 g/mol. The van der Waals surface area contributed by atoms with Gasteiger partial charge in [0.1, 0.15) is 0 Å². The molecule has 0 aliphatic rings. The zero-order valence-corrected chi connectivity index (χ0v) is 6.14. The summed E-state index contributed by atoms with van der Waals surface area (Å²) in [6.45, 7) is 0. The molecule has 0 spiro atoms. The number of nitrogens with zero attached hydrogens (tertiary/aromatic N) is 1. The minimum absolute atomic E-state index is 0. The molecule has 0 atom stereocenters. The Hall–Kier alpha value is -0.0317.